The van der Waals surface area contributed by atoms with Gasteiger partial charge < -0.3 is 9.47 Å². The molecule has 45 heavy (non-hydrogen) atoms. The van der Waals surface area contributed by atoms with Crippen LogP contribution >= 0.6 is 0 Å². The van der Waals surface area contributed by atoms with E-state index in [0.29, 0.717) is 0 Å². The van der Waals surface area contributed by atoms with E-state index in [4.69, 9.17) is 9.47 Å². The lowest BCUT2D eigenvalue weighted by Crippen LogP contribution is -2.57. The number of hydrogen-bond donors (Lipinski definition) is 0. The summed E-state index contributed by atoms with van der Waals surface area (Å²) in [6.45, 7) is 0.0271. The van der Waals surface area contributed by atoms with E-state index in [1.54, 1.807) is 0 Å². The fourth-order valence-electron chi connectivity index (χ4n) is 7.63. The second kappa shape index (κ2) is 9.35. The van der Waals surface area contributed by atoms with E-state index in [9.17, 15) is 0 Å². The highest BCUT2D eigenvalue weighted by Gasteiger charge is 2.40. The Morgan fingerprint density at radius 1 is 0.356 bits per heavy atom. The van der Waals surface area contributed by atoms with E-state index in [2.05, 4.69) is 127 Å². The Morgan fingerprint density at radius 2 is 0.867 bits per heavy atom. The van der Waals surface area contributed by atoms with Crippen LogP contribution in [-0.2, 0) is 0 Å². The lowest BCUT2D eigenvalue weighted by atomic mass is 9.35. The van der Waals surface area contributed by atoms with Crippen molar-refractivity contribution in [3.63, 3.8) is 0 Å². The number of ether oxygens (including phenoxy) is 2. The molecule has 0 radical (unpaired) electrons. The van der Waals surface area contributed by atoms with Crippen LogP contribution in [0.4, 0.5) is 0 Å². The summed E-state index contributed by atoms with van der Waals surface area (Å²) < 4.78 is 12.9. The first-order valence-electron chi connectivity index (χ1n) is 15.5. The van der Waals surface area contributed by atoms with Crippen LogP contribution in [0.5, 0.6) is 23.0 Å². The minimum Gasteiger partial charge on any atom is -0.458 e. The summed E-state index contributed by atoms with van der Waals surface area (Å²) in [5.41, 5.74) is 8.36. The van der Waals surface area contributed by atoms with Gasteiger partial charge in [-0.1, -0.05) is 121 Å². The second-order valence-corrected chi connectivity index (χ2v) is 12.0. The topological polar surface area (TPSA) is 18.5 Å². The fraction of sp³-hybridized carbons (Fsp3) is 0. The molecule has 0 unspecified atom stereocenters. The number of benzene rings is 8. The Labute approximate surface area is 261 Å². The Balaban J connectivity index is 1.25. The number of hydrogen-bond acceptors (Lipinski definition) is 2. The Kier molecular flexibility index (Phi) is 5.12. The molecule has 2 aliphatic rings. The van der Waals surface area contributed by atoms with E-state index in [1.165, 1.54) is 60.0 Å². The maximum atomic E-state index is 6.54. The molecule has 0 bridgehead atoms. The third-order valence-corrected chi connectivity index (χ3v) is 9.56. The zero-order valence-electron chi connectivity index (χ0n) is 24.3. The van der Waals surface area contributed by atoms with Crippen molar-refractivity contribution < 1.29 is 9.47 Å². The zero-order valence-corrected chi connectivity index (χ0v) is 24.3. The smallest absolute Gasteiger partial charge is 0.260 e. The van der Waals surface area contributed by atoms with Crippen LogP contribution in [0.15, 0.2) is 152 Å². The van der Waals surface area contributed by atoms with E-state index in [1.807, 2.05) is 24.3 Å². The van der Waals surface area contributed by atoms with Gasteiger partial charge in [0.1, 0.15) is 23.0 Å². The standard InChI is InChI=1S/C42H25BO2/c1-2-11-27-24-28(21-20-26(27)10-1)40-30-12-3-5-14-32(30)41(33-15-6-4-13-31(33)40)29-22-23-37-35(25-29)43-34-16-7-8-17-36(34)44-38-18-9-19-39(45-37)42(38)43/h1-25H. The van der Waals surface area contributed by atoms with E-state index in [0.717, 1.165) is 33.9 Å². The molecule has 2 heterocycles. The molecular weight excluding hydrogens is 547 g/mol. The van der Waals surface area contributed by atoms with Crippen LogP contribution < -0.4 is 25.9 Å². The van der Waals surface area contributed by atoms with Crippen molar-refractivity contribution in [2.24, 2.45) is 0 Å². The van der Waals surface area contributed by atoms with Gasteiger partial charge in [-0.25, -0.2) is 0 Å². The molecule has 2 aliphatic heterocycles. The Morgan fingerprint density at radius 3 is 1.56 bits per heavy atom. The van der Waals surface area contributed by atoms with Gasteiger partial charge in [-0.05, 0) is 95.8 Å². The van der Waals surface area contributed by atoms with Gasteiger partial charge in [-0.3, -0.25) is 0 Å². The number of rotatable bonds is 2. The summed E-state index contributed by atoms with van der Waals surface area (Å²) in [6.07, 6.45) is 0. The van der Waals surface area contributed by atoms with Crippen LogP contribution in [0.25, 0.3) is 54.6 Å². The van der Waals surface area contributed by atoms with E-state index >= 15 is 0 Å². The SMILES string of the molecule is c1ccc2c(c1)Oc1cccc3c1B2c1cc(-c2c4ccccc4c(-c4ccc5ccccc5c4)c4ccccc24)ccc1O3. The summed E-state index contributed by atoms with van der Waals surface area (Å²) >= 11 is 0. The normalized spacial score (nSPS) is 12.8. The lowest BCUT2D eigenvalue weighted by Gasteiger charge is -2.33. The molecule has 0 fully saturated rings. The zero-order chi connectivity index (χ0) is 29.5. The van der Waals surface area contributed by atoms with Gasteiger partial charge in [0.25, 0.3) is 6.71 Å². The molecule has 0 saturated heterocycles. The quantitative estimate of drug-likeness (QED) is 0.152. The minimum absolute atomic E-state index is 0.0271. The molecule has 8 aromatic carbocycles. The summed E-state index contributed by atoms with van der Waals surface area (Å²) in [6, 6.07) is 54.4. The van der Waals surface area contributed by atoms with Crippen molar-refractivity contribution in [1.82, 2.24) is 0 Å². The number of para-hydroxylation sites is 1. The van der Waals surface area contributed by atoms with Gasteiger partial charge in [-0.2, -0.15) is 0 Å². The van der Waals surface area contributed by atoms with E-state index < -0.39 is 0 Å². The third kappa shape index (κ3) is 3.58. The number of fused-ring (bicyclic) bond motifs is 7. The first kappa shape index (κ1) is 24.6. The Bertz CT molecular complexity index is 2440. The van der Waals surface area contributed by atoms with Crippen molar-refractivity contribution in [2.75, 3.05) is 0 Å². The second-order valence-electron chi connectivity index (χ2n) is 12.0. The summed E-state index contributed by atoms with van der Waals surface area (Å²) in [7, 11) is 0. The highest BCUT2D eigenvalue weighted by molar-refractivity contribution is 6.98. The van der Waals surface area contributed by atoms with Crippen LogP contribution in [0.2, 0.25) is 0 Å². The molecule has 0 N–H and O–H groups in total. The van der Waals surface area contributed by atoms with Crippen molar-refractivity contribution >= 4 is 55.4 Å². The Hall–Kier alpha value is -5.80. The molecule has 8 aromatic rings. The average molecular weight is 572 g/mol. The molecule has 3 heteroatoms. The van der Waals surface area contributed by atoms with Crippen molar-refractivity contribution in [3.8, 4) is 45.3 Å². The molecule has 0 atom stereocenters. The van der Waals surface area contributed by atoms with E-state index in [-0.39, 0.29) is 6.71 Å². The average Bonchev–Trinajstić information content (AvgIpc) is 3.10. The summed E-state index contributed by atoms with van der Waals surface area (Å²) in [4.78, 5) is 0. The van der Waals surface area contributed by atoms with Crippen LogP contribution in [0.3, 0.4) is 0 Å². The van der Waals surface area contributed by atoms with Gasteiger partial charge in [0.15, 0.2) is 0 Å². The largest absolute Gasteiger partial charge is 0.458 e. The van der Waals surface area contributed by atoms with Crippen molar-refractivity contribution in [1.29, 1.82) is 0 Å². The van der Waals surface area contributed by atoms with Crippen LogP contribution in [0.1, 0.15) is 0 Å². The minimum atomic E-state index is 0.0271. The predicted octanol–water partition coefficient (Wildman–Crippen LogP) is 9.21. The molecule has 10 rings (SSSR count). The summed E-state index contributed by atoms with van der Waals surface area (Å²) in [5, 5.41) is 7.48. The molecule has 0 spiro atoms. The monoisotopic (exact) mass is 572 g/mol. The van der Waals surface area contributed by atoms with Gasteiger partial charge >= 0.3 is 0 Å². The highest BCUT2D eigenvalue weighted by Crippen LogP contribution is 2.45. The highest BCUT2D eigenvalue weighted by atomic mass is 16.5. The third-order valence-electron chi connectivity index (χ3n) is 9.56. The van der Waals surface area contributed by atoms with Crippen LogP contribution in [-0.4, -0.2) is 6.71 Å². The van der Waals surface area contributed by atoms with Gasteiger partial charge in [0.05, 0.1) is 0 Å². The van der Waals surface area contributed by atoms with Gasteiger partial charge in [-0.15, -0.1) is 0 Å². The first-order chi connectivity index (χ1) is 22.3. The molecule has 208 valence electrons. The maximum Gasteiger partial charge on any atom is 0.260 e. The molecule has 0 amide bonds. The molecule has 0 aliphatic carbocycles. The van der Waals surface area contributed by atoms with Crippen molar-refractivity contribution in [3.05, 3.63) is 152 Å². The summed E-state index contributed by atoms with van der Waals surface area (Å²) in [5.74, 6) is 3.53. The predicted molar refractivity (Wildman–Crippen MR) is 188 cm³/mol. The maximum absolute atomic E-state index is 6.54. The van der Waals surface area contributed by atoms with Gasteiger partial charge in [0.2, 0.25) is 0 Å². The van der Waals surface area contributed by atoms with Crippen LogP contribution in [0, 0.1) is 0 Å². The van der Waals surface area contributed by atoms with Gasteiger partial charge in [0, 0.05) is 5.46 Å². The molecule has 2 nitrogen and oxygen atoms in total. The van der Waals surface area contributed by atoms with Crippen molar-refractivity contribution in [2.45, 2.75) is 0 Å². The molecule has 0 saturated carbocycles. The first-order valence-corrected chi connectivity index (χ1v) is 15.5. The molecular formula is C42H25BO2. The lowest BCUT2D eigenvalue weighted by molar-refractivity contribution is 0.464. The fourth-order valence-corrected chi connectivity index (χ4v) is 7.63. The molecule has 0 aromatic heterocycles.